The fourth-order valence-electron chi connectivity index (χ4n) is 2.94. The molecule has 0 bridgehead atoms. The molecule has 0 aliphatic carbocycles. The second-order valence-corrected chi connectivity index (χ2v) is 7.15. The molecule has 3 N–H and O–H groups in total. The van der Waals surface area contributed by atoms with E-state index in [1.165, 1.54) is 7.11 Å². The first-order valence-electron chi connectivity index (χ1n) is 9.27. The highest BCUT2D eigenvalue weighted by molar-refractivity contribution is 6.07. The summed E-state index contributed by atoms with van der Waals surface area (Å²) in [5.41, 5.74) is 2.46. The predicted molar refractivity (Wildman–Crippen MR) is 105 cm³/mol. The molecule has 170 valence electrons. The number of carbonyl (C=O) groups excluding carboxylic acids is 1. The summed E-state index contributed by atoms with van der Waals surface area (Å²) in [5, 5.41) is 0. The number of benzene rings is 1. The predicted octanol–water partition coefficient (Wildman–Crippen LogP) is 2.01. The van der Waals surface area contributed by atoms with Crippen LogP contribution in [-0.4, -0.2) is 35.7 Å². The van der Waals surface area contributed by atoms with Crippen LogP contribution in [0.1, 0.15) is 30.6 Å². The fourth-order valence-corrected chi connectivity index (χ4v) is 2.94. The van der Waals surface area contributed by atoms with Crippen molar-refractivity contribution in [1.29, 1.82) is 0 Å². The van der Waals surface area contributed by atoms with Gasteiger partial charge in [-0.3, -0.25) is 19.1 Å². The Bertz CT molecular complexity index is 1100. The zero-order valence-corrected chi connectivity index (χ0v) is 17.1. The van der Waals surface area contributed by atoms with Crippen LogP contribution in [0, 0.1) is 29.2 Å². The van der Waals surface area contributed by atoms with Gasteiger partial charge in [0, 0.05) is 26.8 Å². The Labute approximate surface area is 174 Å². The Morgan fingerprint density at radius 1 is 1.19 bits per heavy atom. The molecule has 0 saturated heterocycles. The Hall–Kier alpha value is -3.15. The number of nitrogens with two attached hydrogens (primary N) is 1. The van der Waals surface area contributed by atoms with Crippen LogP contribution in [0.5, 0.6) is 0 Å². The first kappa shape index (κ1) is 24.1. The molecular formula is C19H22F4N4O4. The number of halogens is 4. The molecule has 0 aliphatic heterocycles. The normalized spacial score (nSPS) is 11.2. The number of nitrogens with zero attached hydrogens (tertiary/aromatic N) is 2. The van der Waals surface area contributed by atoms with Gasteiger partial charge in [0.25, 0.3) is 11.5 Å². The van der Waals surface area contributed by atoms with Crippen LogP contribution in [0.4, 0.5) is 29.1 Å². The third-order valence-corrected chi connectivity index (χ3v) is 4.34. The number of ether oxygens (including phenoxy) is 1. The summed E-state index contributed by atoms with van der Waals surface area (Å²) in [5.74, 6) is -9.78. The van der Waals surface area contributed by atoms with Crippen molar-refractivity contribution in [3.8, 4) is 0 Å². The van der Waals surface area contributed by atoms with Crippen molar-refractivity contribution < 1.29 is 27.1 Å². The highest BCUT2D eigenvalue weighted by atomic mass is 19.2. The maximum absolute atomic E-state index is 14.2. The van der Waals surface area contributed by atoms with Gasteiger partial charge in [0.1, 0.15) is 5.82 Å². The quantitative estimate of drug-likeness (QED) is 0.279. The Morgan fingerprint density at radius 2 is 1.84 bits per heavy atom. The molecule has 0 unspecified atom stereocenters. The van der Waals surface area contributed by atoms with Gasteiger partial charge in [0.05, 0.1) is 5.56 Å². The number of carbonyl (C=O) groups is 1. The summed E-state index contributed by atoms with van der Waals surface area (Å²) in [4.78, 5) is 40.4. The van der Waals surface area contributed by atoms with Crippen LogP contribution < -0.4 is 21.9 Å². The van der Waals surface area contributed by atoms with E-state index in [1.807, 2.05) is 4.98 Å². The number of rotatable bonds is 8. The third-order valence-electron chi connectivity index (χ3n) is 4.34. The Kier molecular flexibility index (Phi) is 7.60. The maximum atomic E-state index is 14.2. The van der Waals surface area contributed by atoms with E-state index in [0.29, 0.717) is 4.90 Å². The lowest BCUT2D eigenvalue weighted by Crippen LogP contribution is -2.42. The first-order valence-corrected chi connectivity index (χ1v) is 9.27. The number of nitrogen functional groups attached to an aromatic ring is 1. The number of anilines is 2. The van der Waals surface area contributed by atoms with E-state index in [4.69, 9.17) is 10.5 Å². The zero-order chi connectivity index (χ0) is 23.5. The van der Waals surface area contributed by atoms with Crippen molar-refractivity contribution in [3.63, 3.8) is 0 Å². The maximum Gasteiger partial charge on any atom is 0.330 e. The van der Waals surface area contributed by atoms with E-state index in [0.717, 1.165) is 4.57 Å². The number of methoxy groups -OCH3 is 1. The van der Waals surface area contributed by atoms with Gasteiger partial charge >= 0.3 is 5.69 Å². The molecule has 1 aromatic heterocycles. The Morgan fingerprint density at radius 3 is 2.42 bits per heavy atom. The summed E-state index contributed by atoms with van der Waals surface area (Å²) >= 11 is 0. The lowest BCUT2D eigenvalue weighted by atomic mass is 10.1. The zero-order valence-electron chi connectivity index (χ0n) is 17.1. The van der Waals surface area contributed by atoms with Crippen LogP contribution in [0.3, 0.4) is 0 Å². The average Bonchev–Trinajstić information content (AvgIpc) is 2.70. The molecule has 0 spiro atoms. The topological polar surface area (TPSA) is 110 Å². The minimum absolute atomic E-state index is 0.0749. The second-order valence-electron chi connectivity index (χ2n) is 7.15. The summed E-state index contributed by atoms with van der Waals surface area (Å²) in [7, 11) is 1.38. The molecule has 0 aliphatic rings. The van der Waals surface area contributed by atoms with Gasteiger partial charge in [-0.05, 0) is 18.4 Å². The van der Waals surface area contributed by atoms with E-state index in [-0.39, 0.29) is 38.1 Å². The molecule has 31 heavy (non-hydrogen) atoms. The highest BCUT2D eigenvalue weighted by Gasteiger charge is 2.30. The Balaban J connectivity index is 2.70. The number of aromatic nitrogens is 2. The first-order chi connectivity index (χ1) is 14.5. The summed E-state index contributed by atoms with van der Waals surface area (Å²) in [6, 6.07) is 0.188. The lowest BCUT2D eigenvalue weighted by Gasteiger charge is -2.25. The fraction of sp³-hybridized carbons (Fsp3) is 0.421. The molecule has 0 saturated carbocycles. The minimum atomic E-state index is -2.17. The van der Waals surface area contributed by atoms with Crippen molar-refractivity contribution in [1.82, 2.24) is 9.55 Å². The monoisotopic (exact) mass is 446 g/mol. The minimum Gasteiger partial charge on any atom is -0.385 e. The number of H-pyrrole nitrogens is 1. The molecule has 2 rings (SSSR count). The largest absolute Gasteiger partial charge is 0.385 e. The van der Waals surface area contributed by atoms with Crippen LogP contribution in [-0.2, 0) is 11.3 Å². The van der Waals surface area contributed by atoms with Gasteiger partial charge in [-0.2, -0.15) is 0 Å². The molecule has 12 heteroatoms. The highest BCUT2D eigenvalue weighted by Crippen LogP contribution is 2.24. The van der Waals surface area contributed by atoms with Gasteiger partial charge in [-0.15, -0.1) is 0 Å². The summed E-state index contributed by atoms with van der Waals surface area (Å²) < 4.78 is 60.8. The molecule has 0 atom stereocenters. The van der Waals surface area contributed by atoms with Crippen molar-refractivity contribution >= 4 is 17.4 Å². The molecule has 0 radical (unpaired) electrons. The lowest BCUT2D eigenvalue weighted by molar-refractivity contribution is 0.0977. The van der Waals surface area contributed by atoms with Gasteiger partial charge in [0.15, 0.2) is 29.0 Å². The number of amides is 1. The van der Waals surface area contributed by atoms with Crippen molar-refractivity contribution in [2.75, 3.05) is 30.9 Å². The summed E-state index contributed by atoms with van der Waals surface area (Å²) in [6.07, 6.45) is 0.123. The molecule has 8 nitrogen and oxygen atoms in total. The smallest absolute Gasteiger partial charge is 0.330 e. The number of hydrogen-bond acceptors (Lipinski definition) is 5. The molecule has 0 fully saturated rings. The average molecular weight is 446 g/mol. The SMILES string of the molecule is COCCCN(C(=O)c1cc(F)c(F)c(F)c1F)c1c(N)n(CC(C)C)c(=O)[nH]c1=O. The van der Waals surface area contributed by atoms with Gasteiger partial charge in [-0.1, -0.05) is 13.8 Å². The second kappa shape index (κ2) is 9.77. The van der Waals surface area contributed by atoms with Gasteiger partial charge in [-0.25, -0.2) is 22.4 Å². The number of hydrogen-bond donors (Lipinski definition) is 2. The van der Waals surface area contributed by atoms with Crippen LogP contribution in [0.25, 0.3) is 0 Å². The van der Waals surface area contributed by atoms with E-state index in [9.17, 15) is 31.9 Å². The summed E-state index contributed by atoms with van der Waals surface area (Å²) in [6.45, 7) is 3.47. The van der Waals surface area contributed by atoms with Gasteiger partial charge < -0.3 is 15.4 Å². The van der Waals surface area contributed by atoms with Crippen LogP contribution in [0.2, 0.25) is 0 Å². The molecule has 1 amide bonds. The number of aromatic amines is 1. The molecule has 1 heterocycles. The molecular weight excluding hydrogens is 424 g/mol. The van der Waals surface area contributed by atoms with E-state index < -0.39 is 57.5 Å². The van der Waals surface area contributed by atoms with Gasteiger partial charge in [0.2, 0.25) is 0 Å². The standard InChI is InChI=1S/C19H22F4N4O4/c1-9(2)8-27-16(24)15(17(28)25-19(27)30)26(5-4-6-31-3)18(29)10-7-11(20)13(22)14(23)12(10)21/h7,9H,4-6,8,24H2,1-3H3,(H,25,28,30). The van der Waals surface area contributed by atoms with Crippen molar-refractivity contribution in [3.05, 3.63) is 55.7 Å². The van der Waals surface area contributed by atoms with Crippen LogP contribution >= 0.6 is 0 Å². The van der Waals surface area contributed by atoms with E-state index in [2.05, 4.69) is 0 Å². The van der Waals surface area contributed by atoms with Crippen molar-refractivity contribution in [2.45, 2.75) is 26.8 Å². The van der Waals surface area contributed by atoms with Crippen LogP contribution in [0.15, 0.2) is 15.7 Å². The molecule has 2 aromatic rings. The molecule has 1 aromatic carbocycles. The van der Waals surface area contributed by atoms with E-state index >= 15 is 0 Å². The number of nitrogens with one attached hydrogen (secondary N) is 1. The van der Waals surface area contributed by atoms with Crippen molar-refractivity contribution in [2.24, 2.45) is 5.92 Å². The third kappa shape index (κ3) is 4.95. The van der Waals surface area contributed by atoms with E-state index in [1.54, 1.807) is 13.8 Å².